The zero-order chi connectivity index (χ0) is 29.0. The Morgan fingerprint density at radius 3 is 2.48 bits per heavy atom. The van der Waals surface area contributed by atoms with Crippen molar-refractivity contribution in [2.45, 2.75) is 33.2 Å². The van der Waals surface area contributed by atoms with Crippen molar-refractivity contribution in [3.05, 3.63) is 88.0 Å². The van der Waals surface area contributed by atoms with Gasteiger partial charge in [-0.3, -0.25) is 14.5 Å². The second-order valence-corrected chi connectivity index (χ2v) is 10.0. The van der Waals surface area contributed by atoms with Crippen molar-refractivity contribution in [2.24, 2.45) is 0 Å². The highest BCUT2D eigenvalue weighted by Gasteiger charge is 2.48. The number of esters is 1. The van der Waals surface area contributed by atoms with Gasteiger partial charge in [0.25, 0.3) is 5.78 Å². The van der Waals surface area contributed by atoms with Gasteiger partial charge >= 0.3 is 11.9 Å². The van der Waals surface area contributed by atoms with Crippen molar-refractivity contribution in [1.82, 2.24) is 4.98 Å². The number of aliphatic hydroxyl groups excluding tert-OH is 1. The molecule has 1 aromatic heterocycles. The third-order valence-corrected chi connectivity index (χ3v) is 7.45. The van der Waals surface area contributed by atoms with Gasteiger partial charge in [-0.05, 0) is 61.7 Å². The minimum atomic E-state index is -1.01. The van der Waals surface area contributed by atoms with Crippen LogP contribution in [0.2, 0.25) is 0 Å². The number of hydrogen-bond acceptors (Lipinski definition) is 9. The van der Waals surface area contributed by atoms with Gasteiger partial charge < -0.3 is 19.3 Å². The zero-order valence-corrected chi connectivity index (χ0v) is 23.5. The highest BCUT2D eigenvalue weighted by Crippen LogP contribution is 2.44. The summed E-state index contributed by atoms with van der Waals surface area (Å²) >= 11 is 0.937. The molecule has 1 amide bonds. The van der Waals surface area contributed by atoms with Crippen LogP contribution < -0.4 is 14.4 Å². The molecule has 2 aromatic carbocycles. The number of ether oxygens (including phenoxy) is 3. The van der Waals surface area contributed by atoms with Gasteiger partial charge in [-0.25, -0.2) is 9.78 Å². The first-order valence-corrected chi connectivity index (χ1v) is 13.5. The molecule has 3 aromatic rings. The maximum Gasteiger partial charge on any atom is 0.350 e. The molecule has 10 heteroatoms. The summed E-state index contributed by atoms with van der Waals surface area (Å²) in [7, 11) is 1.53. The van der Waals surface area contributed by atoms with Crippen molar-refractivity contribution in [1.29, 1.82) is 0 Å². The van der Waals surface area contributed by atoms with Crippen molar-refractivity contribution >= 4 is 39.9 Å². The van der Waals surface area contributed by atoms with Crippen LogP contribution in [0.5, 0.6) is 11.5 Å². The maximum atomic E-state index is 13.5. The molecule has 4 rings (SSSR count). The number of Topliss-reactive ketones (excluding diaryl/α,β-unsaturated/α-hetero) is 1. The smallest absolute Gasteiger partial charge is 0.350 e. The third kappa shape index (κ3) is 5.48. The number of benzene rings is 2. The van der Waals surface area contributed by atoms with Crippen molar-refractivity contribution < 1.29 is 33.7 Å². The number of methoxy groups -OCH3 is 1. The molecule has 208 valence electrons. The summed E-state index contributed by atoms with van der Waals surface area (Å²) in [5, 5.41) is 11.6. The monoisotopic (exact) mass is 562 g/mol. The number of rotatable bonds is 10. The summed E-state index contributed by atoms with van der Waals surface area (Å²) in [5.74, 6) is -1.45. The fourth-order valence-electron chi connectivity index (χ4n) is 4.36. The summed E-state index contributed by atoms with van der Waals surface area (Å²) < 4.78 is 16.1. The van der Waals surface area contributed by atoms with Crippen LogP contribution in [-0.2, 0) is 14.3 Å². The highest BCUT2D eigenvalue weighted by molar-refractivity contribution is 7.17. The fraction of sp³-hybridized carbons (Fsp3) is 0.267. The Balaban J connectivity index is 1.86. The average Bonchev–Trinajstić information content (AvgIpc) is 3.46. The molecule has 40 heavy (non-hydrogen) atoms. The van der Waals surface area contributed by atoms with Gasteiger partial charge in [-0.1, -0.05) is 43.0 Å². The van der Waals surface area contributed by atoms with Crippen LogP contribution in [0.1, 0.15) is 51.4 Å². The standard InChI is InChI=1S/C30H30N2O7S/c1-6-14-38-21-12-13-22(17(3)16-21)25(33)23-24(19-8-10-20(37-5)11-9-19)32(28(35)26(23)34)30-31-18(4)27(40-30)29(36)39-15-7-2/h7-13,16,24,33H,2,6,14-15H2,1,3-5H3/b25-23+. The number of nitrogens with zero attached hydrogens (tertiary/aromatic N) is 2. The predicted octanol–water partition coefficient (Wildman–Crippen LogP) is 5.53. The van der Waals surface area contributed by atoms with E-state index in [1.807, 2.05) is 6.92 Å². The second-order valence-electron chi connectivity index (χ2n) is 9.07. The Labute approximate surface area is 236 Å². The van der Waals surface area contributed by atoms with E-state index in [4.69, 9.17) is 14.2 Å². The molecule has 1 saturated heterocycles. The van der Waals surface area contributed by atoms with Gasteiger partial charge in [0, 0.05) is 5.56 Å². The molecular weight excluding hydrogens is 532 g/mol. The molecule has 1 aliphatic rings. The van der Waals surface area contributed by atoms with Crippen LogP contribution in [0.25, 0.3) is 5.76 Å². The lowest BCUT2D eigenvalue weighted by molar-refractivity contribution is -0.132. The van der Waals surface area contributed by atoms with Gasteiger partial charge in [0.05, 0.1) is 31.0 Å². The summed E-state index contributed by atoms with van der Waals surface area (Å²) in [4.78, 5) is 45.4. The fourth-order valence-corrected chi connectivity index (χ4v) is 5.35. The number of aromatic nitrogens is 1. The van der Waals surface area contributed by atoms with Crippen molar-refractivity contribution in [2.75, 3.05) is 25.2 Å². The lowest BCUT2D eigenvalue weighted by Gasteiger charge is -2.23. The third-order valence-electron chi connectivity index (χ3n) is 6.31. The molecule has 0 bridgehead atoms. The Bertz CT molecular complexity index is 1490. The van der Waals surface area contributed by atoms with E-state index in [9.17, 15) is 19.5 Å². The Hall–Kier alpha value is -4.44. The van der Waals surface area contributed by atoms with Crippen LogP contribution in [0, 0.1) is 13.8 Å². The second kappa shape index (κ2) is 12.2. The summed E-state index contributed by atoms with van der Waals surface area (Å²) in [6, 6.07) is 11.0. The first-order chi connectivity index (χ1) is 19.2. The molecule has 1 atom stereocenters. The normalized spacial score (nSPS) is 16.2. The zero-order valence-electron chi connectivity index (χ0n) is 22.7. The molecule has 0 aliphatic carbocycles. The highest BCUT2D eigenvalue weighted by atomic mass is 32.1. The van der Waals surface area contributed by atoms with Gasteiger partial charge in [0.15, 0.2) is 5.13 Å². The number of amides is 1. The number of hydrogen-bond donors (Lipinski definition) is 1. The largest absolute Gasteiger partial charge is 0.507 e. The van der Waals surface area contributed by atoms with E-state index in [1.54, 1.807) is 56.3 Å². The van der Waals surface area contributed by atoms with Gasteiger partial charge in [0.1, 0.15) is 28.7 Å². The number of carbonyl (C=O) groups excluding carboxylic acids is 3. The molecule has 1 aliphatic heterocycles. The van der Waals surface area contributed by atoms with Crippen molar-refractivity contribution in [3.8, 4) is 11.5 Å². The van der Waals surface area contributed by atoms with E-state index >= 15 is 0 Å². The number of thiazole rings is 1. The molecule has 9 nitrogen and oxygen atoms in total. The Morgan fingerprint density at radius 2 is 1.85 bits per heavy atom. The van der Waals surface area contributed by atoms with Crippen LogP contribution in [0.3, 0.4) is 0 Å². The molecular formula is C30H30N2O7S. The SMILES string of the molecule is C=CCOC(=O)c1sc(N2C(=O)C(=O)/C(=C(/O)c3ccc(OCCC)cc3C)C2c2ccc(OC)cc2)nc1C. The van der Waals surface area contributed by atoms with Crippen LogP contribution in [-0.4, -0.2) is 48.1 Å². The summed E-state index contributed by atoms with van der Waals surface area (Å²) in [6.07, 6.45) is 2.29. The molecule has 0 radical (unpaired) electrons. The molecule has 1 unspecified atom stereocenters. The van der Waals surface area contributed by atoms with Crippen LogP contribution >= 0.6 is 11.3 Å². The maximum absolute atomic E-state index is 13.5. The van der Waals surface area contributed by atoms with E-state index in [-0.39, 0.29) is 27.9 Å². The lowest BCUT2D eigenvalue weighted by atomic mass is 9.94. The van der Waals surface area contributed by atoms with Crippen molar-refractivity contribution in [3.63, 3.8) is 0 Å². The number of ketones is 1. The minimum absolute atomic E-state index is 0.0174. The molecule has 2 heterocycles. The first-order valence-electron chi connectivity index (χ1n) is 12.7. The molecule has 0 spiro atoms. The van der Waals surface area contributed by atoms with E-state index in [0.29, 0.717) is 40.5 Å². The number of anilines is 1. The van der Waals surface area contributed by atoms with Crippen LogP contribution in [0.4, 0.5) is 5.13 Å². The molecule has 0 saturated carbocycles. The Kier molecular flexibility index (Phi) is 8.69. The van der Waals surface area contributed by atoms with E-state index < -0.39 is 23.7 Å². The average molecular weight is 563 g/mol. The molecule has 1 N–H and O–H groups in total. The van der Waals surface area contributed by atoms with E-state index in [1.165, 1.54) is 18.1 Å². The quantitative estimate of drug-likeness (QED) is 0.113. The lowest BCUT2D eigenvalue weighted by Crippen LogP contribution is -2.29. The van der Waals surface area contributed by atoms with E-state index in [0.717, 1.165) is 17.8 Å². The Morgan fingerprint density at radius 1 is 1.15 bits per heavy atom. The van der Waals surface area contributed by atoms with Gasteiger partial charge in [-0.15, -0.1) is 0 Å². The van der Waals surface area contributed by atoms with Crippen LogP contribution in [0.15, 0.2) is 60.7 Å². The number of carbonyl (C=O) groups is 3. The number of aryl methyl sites for hydroxylation is 2. The van der Waals surface area contributed by atoms with Gasteiger partial charge in [0.2, 0.25) is 0 Å². The summed E-state index contributed by atoms with van der Waals surface area (Å²) in [5.41, 5.74) is 1.87. The topological polar surface area (TPSA) is 115 Å². The summed E-state index contributed by atoms with van der Waals surface area (Å²) in [6.45, 7) is 9.51. The van der Waals surface area contributed by atoms with E-state index in [2.05, 4.69) is 11.6 Å². The minimum Gasteiger partial charge on any atom is -0.507 e. The van der Waals surface area contributed by atoms with Gasteiger partial charge in [-0.2, -0.15) is 0 Å². The predicted molar refractivity (Wildman–Crippen MR) is 152 cm³/mol. The first kappa shape index (κ1) is 28.6. The molecule has 1 fully saturated rings. The number of aliphatic hydroxyl groups is 1.